The molecule has 0 bridgehead atoms. The van der Waals surface area contributed by atoms with Gasteiger partial charge in [0, 0.05) is 0 Å². The van der Waals surface area contributed by atoms with Crippen LogP contribution in [0, 0.1) is 0 Å². The van der Waals surface area contributed by atoms with Crippen LogP contribution in [0.25, 0.3) is 10.8 Å². The third kappa shape index (κ3) is 2.79. The summed E-state index contributed by atoms with van der Waals surface area (Å²) in [5.74, 6) is 0.951. The summed E-state index contributed by atoms with van der Waals surface area (Å²) < 4.78 is 6.42. The molecule has 0 fully saturated rings. The van der Waals surface area contributed by atoms with Crippen LogP contribution in [0.1, 0.15) is 17.4 Å². The van der Waals surface area contributed by atoms with Gasteiger partial charge in [-0.2, -0.15) is 0 Å². The quantitative estimate of drug-likeness (QED) is 0.750. The predicted octanol–water partition coefficient (Wildman–Crippen LogP) is 4.70. The molecule has 2 aromatic carbocycles. The molecule has 0 aliphatic rings. The molecule has 0 aliphatic carbocycles. The van der Waals surface area contributed by atoms with E-state index in [4.69, 9.17) is 4.42 Å². The average molecular weight is 330 g/mol. The maximum Gasteiger partial charge on any atom is 0.169 e. The number of furan rings is 1. The zero-order valence-electron chi connectivity index (χ0n) is 11.3. The fourth-order valence-corrected chi connectivity index (χ4v) is 2.78. The second-order valence-electron chi connectivity index (χ2n) is 4.87. The molecular formula is C17H16BrNO. The number of rotatable bonds is 4. The highest BCUT2D eigenvalue weighted by molar-refractivity contribution is 9.10. The summed E-state index contributed by atoms with van der Waals surface area (Å²) in [6.45, 7) is 0. The maximum absolute atomic E-state index is 5.65. The van der Waals surface area contributed by atoms with Gasteiger partial charge < -0.3 is 9.73 Å². The zero-order chi connectivity index (χ0) is 13.9. The van der Waals surface area contributed by atoms with Crippen molar-refractivity contribution < 1.29 is 4.42 Å². The van der Waals surface area contributed by atoms with E-state index in [0.29, 0.717) is 0 Å². The van der Waals surface area contributed by atoms with Gasteiger partial charge in [0.2, 0.25) is 0 Å². The van der Waals surface area contributed by atoms with E-state index in [9.17, 15) is 0 Å². The minimum atomic E-state index is 0.183. The Morgan fingerprint density at radius 1 is 1.05 bits per heavy atom. The van der Waals surface area contributed by atoms with Crippen molar-refractivity contribution in [2.24, 2.45) is 0 Å². The van der Waals surface area contributed by atoms with Crippen molar-refractivity contribution in [3.63, 3.8) is 0 Å². The summed E-state index contributed by atoms with van der Waals surface area (Å²) in [5, 5.41) is 5.87. The Morgan fingerprint density at radius 2 is 1.85 bits per heavy atom. The molecule has 3 heteroatoms. The normalized spacial score (nSPS) is 12.7. The number of likely N-dealkylation sites (N-methyl/N-ethyl adjacent to an activating group) is 1. The second-order valence-corrected chi connectivity index (χ2v) is 5.65. The van der Waals surface area contributed by atoms with Crippen LogP contribution in [0.4, 0.5) is 0 Å². The Labute approximate surface area is 126 Å². The van der Waals surface area contributed by atoms with Crippen LogP contribution in [0.15, 0.2) is 63.7 Å². The predicted molar refractivity (Wildman–Crippen MR) is 85.9 cm³/mol. The molecule has 3 aromatic rings. The summed E-state index contributed by atoms with van der Waals surface area (Å²) in [7, 11) is 1.96. The molecule has 102 valence electrons. The first kappa shape index (κ1) is 13.4. The SMILES string of the molecule is CNC(Cc1ccc2ccccc2c1)c1ccc(Br)o1. The molecule has 0 radical (unpaired) electrons. The van der Waals surface area contributed by atoms with E-state index in [1.165, 1.54) is 16.3 Å². The van der Waals surface area contributed by atoms with Gasteiger partial charge in [-0.05, 0) is 57.9 Å². The zero-order valence-corrected chi connectivity index (χ0v) is 12.9. The summed E-state index contributed by atoms with van der Waals surface area (Å²) in [6, 6.07) is 19.2. The fraction of sp³-hybridized carbons (Fsp3) is 0.176. The lowest BCUT2D eigenvalue weighted by molar-refractivity contribution is 0.417. The van der Waals surface area contributed by atoms with Gasteiger partial charge in [-0.1, -0.05) is 42.5 Å². The van der Waals surface area contributed by atoms with Crippen LogP contribution < -0.4 is 5.32 Å². The standard InChI is InChI=1S/C17H16BrNO/c1-19-15(16-8-9-17(18)20-16)11-12-6-7-13-4-2-3-5-14(13)10-12/h2-10,15,19H,11H2,1H3. The van der Waals surface area contributed by atoms with Crippen molar-refractivity contribution in [1.82, 2.24) is 5.32 Å². The first-order valence-electron chi connectivity index (χ1n) is 6.66. The smallest absolute Gasteiger partial charge is 0.169 e. The van der Waals surface area contributed by atoms with Gasteiger partial charge in [-0.25, -0.2) is 0 Å². The van der Waals surface area contributed by atoms with Crippen LogP contribution in [-0.2, 0) is 6.42 Å². The molecule has 0 spiro atoms. The van der Waals surface area contributed by atoms with E-state index >= 15 is 0 Å². The first-order valence-corrected chi connectivity index (χ1v) is 7.46. The van der Waals surface area contributed by atoms with Crippen molar-refractivity contribution in [2.45, 2.75) is 12.5 Å². The maximum atomic E-state index is 5.65. The lowest BCUT2D eigenvalue weighted by atomic mass is 10.0. The molecule has 0 amide bonds. The van der Waals surface area contributed by atoms with Gasteiger partial charge in [0.1, 0.15) is 5.76 Å². The number of fused-ring (bicyclic) bond motifs is 1. The van der Waals surface area contributed by atoms with Crippen molar-refractivity contribution in [3.05, 3.63) is 70.6 Å². The highest BCUT2D eigenvalue weighted by atomic mass is 79.9. The topological polar surface area (TPSA) is 25.2 Å². The second kappa shape index (κ2) is 5.81. The van der Waals surface area contributed by atoms with Crippen LogP contribution >= 0.6 is 15.9 Å². The van der Waals surface area contributed by atoms with E-state index in [-0.39, 0.29) is 6.04 Å². The van der Waals surface area contributed by atoms with Gasteiger partial charge >= 0.3 is 0 Å². The molecular weight excluding hydrogens is 314 g/mol. The fourth-order valence-electron chi connectivity index (χ4n) is 2.46. The van der Waals surface area contributed by atoms with Crippen LogP contribution in [-0.4, -0.2) is 7.05 Å². The number of benzene rings is 2. The Kier molecular flexibility index (Phi) is 3.90. The molecule has 20 heavy (non-hydrogen) atoms. The van der Waals surface area contributed by atoms with E-state index in [2.05, 4.69) is 63.7 Å². The van der Waals surface area contributed by atoms with Crippen LogP contribution in [0.3, 0.4) is 0 Å². The molecule has 1 N–H and O–H groups in total. The van der Waals surface area contributed by atoms with E-state index in [0.717, 1.165) is 16.9 Å². The van der Waals surface area contributed by atoms with Gasteiger partial charge in [-0.3, -0.25) is 0 Å². The van der Waals surface area contributed by atoms with E-state index in [1.807, 2.05) is 19.2 Å². The lowest BCUT2D eigenvalue weighted by Gasteiger charge is -2.14. The highest BCUT2D eigenvalue weighted by Crippen LogP contribution is 2.24. The third-order valence-electron chi connectivity index (χ3n) is 3.54. The van der Waals surface area contributed by atoms with Crippen molar-refractivity contribution in [1.29, 1.82) is 0 Å². The lowest BCUT2D eigenvalue weighted by Crippen LogP contribution is -2.18. The molecule has 2 nitrogen and oxygen atoms in total. The average Bonchev–Trinajstić information content (AvgIpc) is 2.91. The largest absolute Gasteiger partial charge is 0.453 e. The van der Waals surface area contributed by atoms with Gasteiger partial charge in [0.05, 0.1) is 6.04 Å². The highest BCUT2D eigenvalue weighted by Gasteiger charge is 2.14. The van der Waals surface area contributed by atoms with Crippen LogP contribution in [0.5, 0.6) is 0 Å². The summed E-state index contributed by atoms with van der Waals surface area (Å²) >= 11 is 3.35. The van der Waals surface area contributed by atoms with Gasteiger partial charge in [-0.15, -0.1) is 0 Å². The Balaban J connectivity index is 1.87. The molecule has 3 rings (SSSR count). The Bertz CT molecular complexity index is 720. The number of halogens is 1. The summed E-state index contributed by atoms with van der Waals surface area (Å²) in [5.41, 5.74) is 1.30. The summed E-state index contributed by atoms with van der Waals surface area (Å²) in [4.78, 5) is 0. The summed E-state index contributed by atoms with van der Waals surface area (Å²) in [6.07, 6.45) is 0.904. The molecule has 1 atom stereocenters. The van der Waals surface area contributed by atoms with Crippen molar-refractivity contribution >= 4 is 26.7 Å². The van der Waals surface area contributed by atoms with Crippen LogP contribution in [0.2, 0.25) is 0 Å². The molecule has 0 aliphatic heterocycles. The number of hydrogen-bond acceptors (Lipinski definition) is 2. The molecule has 1 aromatic heterocycles. The van der Waals surface area contributed by atoms with Gasteiger partial charge in [0.15, 0.2) is 4.67 Å². The van der Waals surface area contributed by atoms with Crippen molar-refractivity contribution in [3.8, 4) is 0 Å². The Hall–Kier alpha value is -1.58. The molecule has 1 unspecified atom stereocenters. The molecule has 0 saturated heterocycles. The van der Waals surface area contributed by atoms with Crippen molar-refractivity contribution in [2.75, 3.05) is 7.05 Å². The number of hydrogen-bond donors (Lipinski definition) is 1. The molecule has 0 saturated carbocycles. The minimum absolute atomic E-state index is 0.183. The third-order valence-corrected chi connectivity index (χ3v) is 3.97. The van der Waals surface area contributed by atoms with E-state index in [1.54, 1.807) is 0 Å². The Morgan fingerprint density at radius 3 is 2.55 bits per heavy atom. The first-order chi connectivity index (χ1) is 9.76. The van der Waals surface area contributed by atoms with Gasteiger partial charge in [0.25, 0.3) is 0 Å². The van der Waals surface area contributed by atoms with E-state index < -0.39 is 0 Å². The monoisotopic (exact) mass is 329 g/mol. The minimum Gasteiger partial charge on any atom is -0.453 e. The number of nitrogens with one attached hydrogen (secondary N) is 1. The molecule has 1 heterocycles.